The lowest BCUT2D eigenvalue weighted by Crippen LogP contribution is -2.19. The largest absolute Gasteiger partial charge is 0.463 e. The third kappa shape index (κ3) is 3.92. The predicted octanol–water partition coefficient (Wildman–Crippen LogP) is 7.18. The maximum absolute atomic E-state index is 12.4. The van der Waals surface area contributed by atoms with E-state index in [1.165, 1.54) is 0 Å². The van der Waals surface area contributed by atoms with Gasteiger partial charge >= 0.3 is 6.03 Å². The molecule has 3 aromatic heterocycles. The first-order valence-corrected chi connectivity index (χ1v) is 11.5. The van der Waals surface area contributed by atoms with Crippen molar-refractivity contribution in [1.82, 2.24) is 9.97 Å². The van der Waals surface area contributed by atoms with Crippen LogP contribution in [0.25, 0.3) is 44.1 Å². The number of nitrogen functional groups attached to an aromatic ring is 1. The molecule has 0 atom stereocenters. The Balaban J connectivity index is 1.28. The Morgan fingerprint density at radius 3 is 2.56 bits per heavy atom. The zero-order valence-electron chi connectivity index (χ0n) is 19.5. The molecule has 5 N–H and O–H groups in total. The van der Waals surface area contributed by atoms with Gasteiger partial charge in [0.25, 0.3) is 0 Å². The summed E-state index contributed by atoms with van der Waals surface area (Å²) in [4.78, 5) is 20.1. The summed E-state index contributed by atoms with van der Waals surface area (Å²) in [5.41, 5.74) is 14.2. The van der Waals surface area contributed by atoms with Crippen molar-refractivity contribution in [3.63, 3.8) is 0 Å². The number of benzene rings is 3. The van der Waals surface area contributed by atoms with E-state index >= 15 is 0 Å². The summed E-state index contributed by atoms with van der Waals surface area (Å²) >= 11 is 0. The second-order valence-corrected chi connectivity index (χ2v) is 8.72. The normalized spacial score (nSPS) is 11.1. The van der Waals surface area contributed by atoms with Crippen molar-refractivity contribution in [3.05, 3.63) is 97.0 Å². The number of urea groups is 1. The van der Waals surface area contributed by atoms with E-state index in [2.05, 4.69) is 26.7 Å². The number of rotatable bonds is 4. The van der Waals surface area contributed by atoms with E-state index in [1.807, 2.05) is 79.9 Å². The average molecular weight is 474 g/mol. The highest BCUT2D eigenvalue weighted by molar-refractivity contribution is 6.07. The summed E-state index contributed by atoms with van der Waals surface area (Å²) in [5, 5.41) is 7.58. The number of H-pyrrole nitrogens is 1. The highest BCUT2D eigenvalue weighted by Gasteiger charge is 2.17. The van der Waals surface area contributed by atoms with E-state index in [4.69, 9.17) is 10.2 Å². The number of carbonyl (C=O) groups excluding carboxylic acids is 1. The molecule has 6 rings (SSSR count). The number of anilines is 3. The van der Waals surface area contributed by atoms with Gasteiger partial charge in [-0.15, -0.1) is 0 Å². The van der Waals surface area contributed by atoms with Crippen LogP contribution in [0, 0.1) is 6.92 Å². The predicted molar refractivity (Wildman–Crippen MR) is 145 cm³/mol. The van der Waals surface area contributed by atoms with Gasteiger partial charge in [-0.25, -0.2) is 9.78 Å². The van der Waals surface area contributed by atoms with Crippen molar-refractivity contribution in [2.24, 2.45) is 0 Å². The molecule has 36 heavy (non-hydrogen) atoms. The second-order valence-electron chi connectivity index (χ2n) is 8.72. The van der Waals surface area contributed by atoms with Crippen molar-refractivity contribution in [2.75, 3.05) is 16.4 Å². The van der Waals surface area contributed by atoms with Crippen LogP contribution in [0.5, 0.6) is 0 Å². The molecule has 2 amide bonds. The average Bonchev–Trinajstić information content (AvgIpc) is 3.52. The molecule has 0 aliphatic heterocycles. The summed E-state index contributed by atoms with van der Waals surface area (Å²) < 4.78 is 6.03. The summed E-state index contributed by atoms with van der Waals surface area (Å²) in [6, 6.07) is 23.1. The number of aromatic nitrogens is 2. The van der Waals surface area contributed by atoms with Crippen LogP contribution in [0.1, 0.15) is 5.56 Å². The molecule has 3 aromatic carbocycles. The van der Waals surface area contributed by atoms with Crippen molar-refractivity contribution in [3.8, 4) is 22.3 Å². The maximum Gasteiger partial charge on any atom is 0.323 e. The SMILES string of the molecule is Cc1cccc(NC(=O)Nc2ccc(-c3coc4c(-c5ccc6[nH]ccc6c5)cnc(N)c34)cc2)c1. The molecule has 0 saturated heterocycles. The lowest BCUT2D eigenvalue weighted by molar-refractivity contribution is 0.262. The van der Waals surface area contributed by atoms with E-state index in [0.29, 0.717) is 17.1 Å². The number of carbonyl (C=O) groups is 1. The monoisotopic (exact) mass is 473 g/mol. The molecule has 0 unspecified atom stereocenters. The second kappa shape index (κ2) is 8.63. The molecular formula is C29H23N5O2. The number of hydrogen-bond donors (Lipinski definition) is 4. The molecule has 0 aliphatic rings. The van der Waals surface area contributed by atoms with Crippen LogP contribution < -0.4 is 16.4 Å². The van der Waals surface area contributed by atoms with Gasteiger partial charge in [0.2, 0.25) is 0 Å². The number of nitrogens with two attached hydrogens (primary N) is 1. The zero-order chi connectivity index (χ0) is 24.6. The number of nitrogens with one attached hydrogen (secondary N) is 3. The van der Waals surface area contributed by atoms with Gasteiger partial charge in [0, 0.05) is 40.4 Å². The van der Waals surface area contributed by atoms with E-state index < -0.39 is 0 Å². The Bertz CT molecular complexity index is 1730. The Labute approximate surface area is 207 Å². The minimum atomic E-state index is -0.306. The van der Waals surface area contributed by atoms with Crippen LogP contribution in [0.4, 0.5) is 22.0 Å². The summed E-state index contributed by atoms with van der Waals surface area (Å²) in [6.07, 6.45) is 5.37. The topological polar surface area (TPSA) is 109 Å². The maximum atomic E-state index is 12.4. The zero-order valence-corrected chi connectivity index (χ0v) is 19.5. The van der Waals surface area contributed by atoms with Crippen LogP contribution >= 0.6 is 0 Å². The lowest BCUT2D eigenvalue weighted by atomic mass is 10.0. The van der Waals surface area contributed by atoms with E-state index in [0.717, 1.165) is 49.8 Å². The molecule has 3 heterocycles. The van der Waals surface area contributed by atoms with Gasteiger partial charge in [-0.1, -0.05) is 30.3 Å². The number of amides is 2. The van der Waals surface area contributed by atoms with Crippen molar-refractivity contribution < 1.29 is 9.21 Å². The molecule has 0 fully saturated rings. The molecule has 0 saturated carbocycles. The van der Waals surface area contributed by atoms with Gasteiger partial charge in [-0.05, 0) is 71.5 Å². The third-order valence-corrected chi connectivity index (χ3v) is 6.22. The molecule has 0 spiro atoms. The smallest absolute Gasteiger partial charge is 0.323 e. The Kier molecular flexibility index (Phi) is 5.15. The molecule has 6 aromatic rings. The van der Waals surface area contributed by atoms with Crippen molar-refractivity contribution in [2.45, 2.75) is 6.92 Å². The molecule has 0 bridgehead atoms. The van der Waals surface area contributed by atoms with Crippen LogP contribution in [-0.4, -0.2) is 16.0 Å². The van der Waals surface area contributed by atoms with Crippen LogP contribution in [0.2, 0.25) is 0 Å². The number of aromatic amines is 1. The third-order valence-electron chi connectivity index (χ3n) is 6.22. The summed E-state index contributed by atoms with van der Waals surface area (Å²) in [5.74, 6) is 0.403. The fourth-order valence-electron chi connectivity index (χ4n) is 4.46. The van der Waals surface area contributed by atoms with Crippen LogP contribution in [-0.2, 0) is 0 Å². The van der Waals surface area contributed by atoms with Gasteiger partial charge in [-0.3, -0.25) is 0 Å². The highest BCUT2D eigenvalue weighted by atomic mass is 16.3. The van der Waals surface area contributed by atoms with Gasteiger partial charge < -0.3 is 25.8 Å². The number of aryl methyl sites for hydroxylation is 1. The Morgan fingerprint density at radius 2 is 1.72 bits per heavy atom. The highest BCUT2D eigenvalue weighted by Crippen LogP contribution is 2.39. The van der Waals surface area contributed by atoms with Gasteiger partial charge in [0.05, 0.1) is 11.6 Å². The Hall–Kier alpha value is -5.04. The first-order chi connectivity index (χ1) is 17.5. The fraction of sp³-hybridized carbons (Fsp3) is 0.0345. The standard InChI is InChI=1S/C29H23N5O2/c1-17-3-2-4-22(13-17)34-29(35)33-21-8-5-18(6-9-21)24-16-36-27-23(15-32-28(30)26(24)27)19-7-10-25-20(14-19)11-12-31-25/h2-16,31H,1H3,(H2,30,32)(H2,33,34,35). The molecule has 7 nitrogen and oxygen atoms in total. The number of furan rings is 1. The minimum absolute atomic E-state index is 0.306. The number of fused-ring (bicyclic) bond motifs is 2. The van der Waals surface area contributed by atoms with Crippen molar-refractivity contribution >= 4 is 45.1 Å². The molecule has 7 heteroatoms. The number of nitrogens with zero attached hydrogens (tertiary/aromatic N) is 1. The number of pyridine rings is 1. The van der Waals surface area contributed by atoms with Crippen LogP contribution in [0.15, 0.2) is 95.9 Å². The van der Waals surface area contributed by atoms with E-state index in [1.54, 1.807) is 12.5 Å². The summed E-state index contributed by atoms with van der Waals surface area (Å²) in [7, 11) is 0. The molecule has 176 valence electrons. The minimum Gasteiger partial charge on any atom is -0.463 e. The quantitative estimate of drug-likeness (QED) is 0.217. The summed E-state index contributed by atoms with van der Waals surface area (Å²) in [6.45, 7) is 1.98. The van der Waals surface area contributed by atoms with Gasteiger partial charge in [0.1, 0.15) is 11.4 Å². The van der Waals surface area contributed by atoms with E-state index in [-0.39, 0.29) is 6.03 Å². The first kappa shape index (κ1) is 21.5. The van der Waals surface area contributed by atoms with Gasteiger partial charge in [0.15, 0.2) is 0 Å². The molecule has 0 radical (unpaired) electrons. The molecule has 0 aliphatic carbocycles. The van der Waals surface area contributed by atoms with Gasteiger partial charge in [-0.2, -0.15) is 0 Å². The fourth-order valence-corrected chi connectivity index (χ4v) is 4.46. The van der Waals surface area contributed by atoms with Crippen molar-refractivity contribution in [1.29, 1.82) is 0 Å². The molecular weight excluding hydrogens is 450 g/mol. The van der Waals surface area contributed by atoms with Crippen LogP contribution in [0.3, 0.4) is 0 Å². The number of hydrogen-bond acceptors (Lipinski definition) is 4. The Morgan fingerprint density at radius 1 is 0.917 bits per heavy atom. The first-order valence-electron chi connectivity index (χ1n) is 11.5. The lowest BCUT2D eigenvalue weighted by Gasteiger charge is -2.09. The van der Waals surface area contributed by atoms with E-state index in [9.17, 15) is 4.79 Å².